The number of amides is 2. The van der Waals surface area contributed by atoms with Gasteiger partial charge in [-0.15, -0.1) is 11.8 Å². The van der Waals surface area contributed by atoms with Crippen LogP contribution in [0.25, 0.3) is 0 Å². The van der Waals surface area contributed by atoms with Gasteiger partial charge in [-0.3, -0.25) is 20.4 Å². The lowest BCUT2D eigenvalue weighted by molar-refractivity contribution is -0.127. The van der Waals surface area contributed by atoms with E-state index in [0.717, 1.165) is 18.2 Å². The van der Waals surface area contributed by atoms with Gasteiger partial charge in [0.25, 0.3) is 0 Å². The van der Waals surface area contributed by atoms with Gasteiger partial charge in [-0.25, -0.2) is 4.39 Å². The molecule has 126 valence electrons. The van der Waals surface area contributed by atoms with E-state index >= 15 is 0 Å². The van der Waals surface area contributed by atoms with E-state index in [2.05, 4.69) is 10.9 Å². The summed E-state index contributed by atoms with van der Waals surface area (Å²) in [6.07, 6.45) is 7.56. The standard InChI is InChI=1S/C17H23FN2O2S/c18-14-8-4-5-9-15(14)23-12-17(22)20-19-16(21)11-10-13-6-2-1-3-7-13/h4-5,8-9,13H,1-3,6-7,10-12H2,(H,19,21)(H,20,22). The van der Waals surface area contributed by atoms with Crippen molar-refractivity contribution in [2.24, 2.45) is 5.92 Å². The van der Waals surface area contributed by atoms with Crippen molar-refractivity contribution in [3.63, 3.8) is 0 Å². The van der Waals surface area contributed by atoms with Gasteiger partial charge in [0.05, 0.1) is 5.75 Å². The summed E-state index contributed by atoms with van der Waals surface area (Å²) in [4.78, 5) is 23.8. The summed E-state index contributed by atoms with van der Waals surface area (Å²) in [6.45, 7) is 0. The molecule has 2 amide bonds. The number of thioether (sulfide) groups is 1. The highest BCUT2D eigenvalue weighted by Gasteiger charge is 2.15. The van der Waals surface area contributed by atoms with Crippen molar-refractivity contribution < 1.29 is 14.0 Å². The van der Waals surface area contributed by atoms with Crippen LogP contribution in [0.4, 0.5) is 4.39 Å². The minimum Gasteiger partial charge on any atom is -0.273 e. The quantitative estimate of drug-likeness (QED) is 0.617. The largest absolute Gasteiger partial charge is 0.273 e. The highest BCUT2D eigenvalue weighted by molar-refractivity contribution is 8.00. The van der Waals surface area contributed by atoms with E-state index in [4.69, 9.17) is 0 Å². The molecule has 0 aromatic heterocycles. The van der Waals surface area contributed by atoms with Gasteiger partial charge < -0.3 is 0 Å². The number of hydrogen-bond donors (Lipinski definition) is 2. The monoisotopic (exact) mass is 338 g/mol. The smallest absolute Gasteiger partial charge is 0.248 e. The van der Waals surface area contributed by atoms with Crippen LogP contribution in [0.2, 0.25) is 0 Å². The lowest BCUT2D eigenvalue weighted by Crippen LogP contribution is -2.42. The third-order valence-corrected chi connectivity index (χ3v) is 5.09. The minimum absolute atomic E-state index is 0.0594. The predicted octanol–water partition coefficient (Wildman–Crippen LogP) is 3.43. The first-order valence-corrected chi connectivity index (χ1v) is 9.08. The van der Waals surface area contributed by atoms with Crippen LogP contribution in [0.3, 0.4) is 0 Å². The van der Waals surface area contributed by atoms with Crippen molar-refractivity contribution in [2.75, 3.05) is 5.75 Å². The van der Waals surface area contributed by atoms with Gasteiger partial charge in [0.15, 0.2) is 0 Å². The van der Waals surface area contributed by atoms with Crippen molar-refractivity contribution in [2.45, 2.75) is 49.8 Å². The molecule has 0 atom stereocenters. The molecule has 2 N–H and O–H groups in total. The fourth-order valence-electron chi connectivity index (χ4n) is 2.75. The molecular formula is C17H23FN2O2S. The number of hydrogen-bond acceptors (Lipinski definition) is 3. The Morgan fingerprint density at radius 1 is 1.09 bits per heavy atom. The van der Waals surface area contributed by atoms with Crippen LogP contribution in [0, 0.1) is 11.7 Å². The Kier molecular flexibility index (Phi) is 7.39. The van der Waals surface area contributed by atoms with E-state index in [-0.39, 0.29) is 23.4 Å². The normalized spacial score (nSPS) is 15.2. The van der Waals surface area contributed by atoms with Crippen molar-refractivity contribution in [1.82, 2.24) is 10.9 Å². The van der Waals surface area contributed by atoms with Gasteiger partial charge in [0.2, 0.25) is 11.8 Å². The van der Waals surface area contributed by atoms with Gasteiger partial charge in [0, 0.05) is 11.3 Å². The van der Waals surface area contributed by atoms with Crippen LogP contribution in [-0.2, 0) is 9.59 Å². The van der Waals surface area contributed by atoms with Gasteiger partial charge in [-0.05, 0) is 24.5 Å². The predicted molar refractivity (Wildman–Crippen MR) is 89.2 cm³/mol. The summed E-state index contributed by atoms with van der Waals surface area (Å²) in [5.74, 6) is -0.156. The molecule has 0 radical (unpaired) electrons. The molecule has 1 fully saturated rings. The van der Waals surface area contributed by atoms with E-state index in [1.165, 1.54) is 38.2 Å². The van der Waals surface area contributed by atoms with Gasteiger partial charge >= 0.3 is 0 Å². The van der Waals surface area contributed by atoms with Crippen molar-refractivity contribution in [3.05, 3.63) is 30.1 Å². The fraction of sp³-hybridized carbons (Fsp3) is 0.529. The van der Waals surface area contributed by atoms with E-state index in [1.807, 2.05) is 0 Å². The Hall–Kier alpha value is -1.56. The van der Waals surface area contributed by atoms with Crippen molar-refractivity contribution >= 4 is 23.6 Å². The summed E-state index contributed by atoms with van der Waals surface area (Å²) in [7, 11) is 0. The lowest BCUT2D eigenvalue weighted by atomic mass is 9.86. The van der Waals surface area contributed by atoms with Crippen LogP contribution in [0.15, 0.2) is 29.2 Å². The van der Waals surface area contributed by atoms with Crippen LogP contribution in [0.5, 0.6) is 0 Å². The van der Waals surface area contributed by atoms with E-state index in [0.29, 0.717) is 17.2 Å². The lowest BCUT2D eigenvalue weighted by Gasteiger charge is -2.20. The molecule has 0 unspecified atom stereocenters. The fourth-order valence-corrected chi connectivity index (χ4v) is 3.49. The molecule has 1 saturated carbocycles. The highest BCUT2D eigenvalue weighted by atomic mass is 32.2. The molecule has 6 heteroatoms. The number of carbonyl (C=O) groups excluding carboxylic acids is 2. The van der Waals surface area contributed by atoms with Crippen LogP contribution >= 0.6 is 11.8 Å². The summed E-state index contributed by atoms with van der Waals surface area (Å²) < 4.78 is 13.4. The van der Waals surface area contributed by atoms with E-state index in [9.17, 15) is 14.0 Å². The SMILES string of the molecule is O=C(CCC1CCCCC1)NNC(=O)CSc1ccccc1F. The third-order valence-electron chi connectivity index (χ3n) is 4.04. The Labute approximate surface area is 140 Å². The maximum Gasteiger partial charge on any atom is 0.248 e. The molecule has 0 aliphatic heterocycles. The average molecular weight is 338 g/mol. The third kappa shape index (κ3) is 6.60. The van der Waals surface area contributed by atoms with E-state index in [1.54, 1.807) is 18.2 Å². The maximum atomic E-state index is 13.4. The number of carbonyl (C=O) groups is 2. The first-order chi connectivity index (χ1) is 11.1. The molecule has 1 aliphatic rings. The molecular weight excluding hydrogens is 315 g/mol. The zero-order valence-corrected chi connectivity index (χ0v) is 14.0. The summed E-state index contributed by atoms with van der Waals surface area (Å²) in [5.41, 5.74) is 4.81. The second kappa shape index (κ2) is 9.55. The second-order valence-corrected chi connectivity index (χ2v) is 6.88. The number of hydrazine groups is 1. The molecule has 0 spiro atoms. The number of nitrogens with one attached hydrogen (secondary N) is 2. The Balaban J connectivity index is 1.60. The first-order valence-electron chi connectivity index (χ1n) is 8.10. The molecule has 0 bridgehead atoms. The number of benzene rings is 1. The Morgan fingerprint density at radius 3 is 2.52 bits per heavy atom. The van der Waals surface area contributed by atoms with Crippen molar-refractivity contribution in [1.29, 1.82) is 0 Å². The first kappa shape index (κ1) is 17.8. The Morgan fingerprint density at radius 2 is 1.78 bits per heavy atom. The summed E-state index contributed by atoms with van der Waals surface area (Å²) >= 11 is 1.10. The summed E-state index contributed by atoms with van der Waals surface area (Å²) in [6, 6.07) is 6.30. The van der Waals surface area contributed by atoms with Gasteiger partial charge in [0.1, 0.15) is 5.82 Å². The zero-order valence-electron chi connectivity index (χ0n) is 13.1. The zero-order chi connectivity index (χ0) is 16.5. The van der Waals surface area contributed by atoms with E-state index < -0.39 is 0 Å². The van der Waals surface area contributed by atoms with Crippen LogP contribution in [0.1, 0.15) is 44.9 Å². The molecule has 23 heavy (non-hydrogen) atoms. The molecule has 1 aromatic carbocycles. The van der Waals surface area contributed by atoms with Crippen LogP contribution < -0.4 is 10.9 Å². The average Bonchev–Trinajstić information content (AvgIpc) is 2.58. The molecule has 2 rings (SSSR count). The number of halogens is 1. The van der Waals surface area contributed by atoms with Crippen LogP contribution in [-0.4, -0.2) is 17.6 Å². The molecule has 0 saturated heterocycles. The molecule has 0 heterocycles. The van der Waals surface area contributed by atoms with Gasteiger partial charge in [-0.2, -0.15) is 0 Å². The summed E-state index contributed by atoms with van der Waals surface area (Å²) in [5, 5.41) is 0. The molecule has 4 nitrogen and oxygen atoms in total. The molecule has 1 aliphatic carbocycles. The Bertz CT molecular complexity index is 533. The second-order valence-electron chi connectivity index (χ2n) is 5.86. The number of rotatable bonds is 6. The molecule has 1 aromatic rings. The van der Waals surface area contributed by atoms with Gasteiger partial charge in [-0.1, -0.05) is 44.2 Å². The minimum atomic E-state index is -0.346. The highest BCUT2D eigenvalue weighted by Crippen LogP contribution is 2.27. The maximum absolute atomic E-state index is 13.4. The van der Waals surface area contributed by atoms with Crippen molar-refractivity contribution in [3.8, 4) is 0 Å². The topological polar surface area (TPSA) is 58.2 Å².